The average molecular weight is 547 g/mol. The van der Waals surface area contributed by atoms with E-state index in [0.29, 0.717) is 29.7 Å². The second kappa shape index (κ2) is 12.6. The van der Waals surface area contributed by atoms with Crippen LogP contribution in [0.1, 0.15) is 34.3 Å². The maximum absolute atomic E-state index is 12.6. The number of nitrogens with one attached hydrogen (secondary N) is 1. The predicted octanol–water partition coefficient (Wildman–Crippen LogP) is 6.08. The molecule has 1 amide bonds. The zero-order chi connectivity index (χ0) is 27.2. The highest BCUT2D eigenvalue weighted by Crippen LogP contribution is 2.26. The number of fused-ring (bicyclic) bond motifs is 1. The van der Waals surface area contributed by atoms with Crippen LogP contribution in [0.15, 0.2) is 66.9 Å². The fraction of sp³-hybridized carbons (Fsp3) is 0.355. The molecule has 0 unspecified atom stereocenters. The Labute approximate surface area is 234 Å². The lowest BCUT2D eigenvalue weighted by Crippen LogP contribution is -2.34. The molecule has 1 saturated heterocycles. The number of methoxy groups -OCH3 is 1. The summed E-state index contributed by atoms with van der Waals surface area (Å²) in [5, 5.41) is 9.45. The summed E-state index contributed by atoms with van der Waals surface area (Å²) in [7, 11) is 1.63. The zero-order valence-electron chi connectivity index (χ0n) is 22.5. The summed E-state index contributed by atoms with van der Waals surface area (Å²) in [6, 6.07) is 19.5. The fourth-order valence-electron chi connectivity index (χ4n) is 5.13. The maximum Gasteiger partial charge on any atom is 0.251 e. The summed E-state index contributed by atoms with van der Waals surface area (Å²) >= 11 is 5.95. The average Bonchev–Trinajstić information content (AvgIpc) is 3.36. The van der Waals surface area contributed by atoms with E-state index in [-0.39, 0.29) is 5.91 Å². The minimum atomic E-state index is -0.0738. The largest absolute Gasteiger partial charge is 0.457 e. The molecular formula is C31H35ClN4O3. The molecule has 204 valence electrons. The van der Waals surface area contributed by atoms with Crippen LogP contribution in [0.4, 0.5) is 0 Å². The Morgan fingerprint density at radius 2 is 1.72 bits per heavy atom. The van der Waals surface area contributed by atoms with E-state index >= 15 is 0 Å². The first-order chi connectivity index (χ1) is 19.0. The lowest BCUT2D eigenvalue weighted by Gasteiger charge is -2.32. The Hall–Kier alpha value is -3.39. The highest BCUT2D eigenvalue weighted by Gasteiger charge is 2.21. The number of piperidine rings is 1. The van der Waals surface area contributed by atoms with Crippen molar-refractivity contribution in [1.82, 2.24) is 20.0 Å². The standard InChI is InChI=1S/C31H35ClN4O3/c1-22-28(31(37)33-15-18-38-2)11-12-30-29(22)21-36(34-30)20-24-13-16-35(17-14-24)19-23-3-7-26(8-4-23)39-27-9-5-25(32)6-10-27/h3-12,21,24H,13-20H2,1-2H3,(H,33,37). The van der Waals surface area contributed by atoms with Gasteiger partial charge in [-0.05, 0) is 98.4 Å². The van der Waals surface area contributed by atoms with Gasteiger partial charge in [-0.25, -0.2) is 0 Å². The number of benzene rings is 3. The number of nitrogens with zero attached hydrogens (tertiary/aromatic N) is 3. The second-order valence-electron chi connectivity index (χ2n) is 10.2. The number of hydrogen-bond acceptors (Lipinski definition) is 5. The van der Waals surface area contributed by atoms with Gasteiger partial charge in [-0.3, -0.25) is 14.4 Å². The summed E-state index contributed by atoms with van der Waals surface area (Å²) in [6.45, 7) is 6.96. The Bertz CT molecular complexity index is 1390. The summed E-state index contributed by atoms with van der Waals surface area (Å²) in [6.07, 6.45) is 4.37. The van der Waals surface area contributed by atoms with Gasteiger partial charge in [0.2, 0.25) is 0 Å². The van der Waals surface area contributed by atoms with Crippen LogP contribution in [0.2, 0.25) is 5.02 Å². The van der Waals surface area contributed by atoms with Crippen LogP contribution >= 0.6 is 11.6 Å². The van der Waals surface area contributed by atoms with E-state index in [1.165, 1.54) is 5.56 Å². The maximum atomic E-state index is 12.6. The number of carbonyl (C=O) groups is 1. The molecule has 0 atom stereocenters. The number of ether oxygens (including phenoxy) is 2. The van der Waals surface area contributed by atoms with Crippen molar-refractivity contribution < 1.29 is 14.3 Å². The quantitative estimate of drug-likeness (QED) is 0.244. The third kappa shape index (κ3) is 6.98. The van der Waals surface area contributed by atoms with Crippen LogP contribution in [-0.2, 0) is 17.8 Å². The summed E-state index contributed by atoms with van der Waals surface area (Å²) < 4.78 is 13.0. The lowest BCUT2D eigenvalue weighted by molar-refractivity contribution is 0.0936. The van der Waals surface area contributed by atoms with Gasteiger partial charge in [0.25, 0.3) is 5.91 Å². The lowest BCUT2D eigenvalue weighted by atomic mass is 9.96. The van der Waals surface area contributed by atoms with E-state index in [2.05, 4.69) is 33.2 Å². The third-order valence-corrected chi connectivity index (χ3v) is 7.63. The number of amides is 1. The van der Waals surface area contributed by atoms with Gasteiger partial charge in [-0.2, -0.15) is 5.10 Å². The smallest absolute Gasteiger partial charge is 0.251 e. The van der Waals surface area contributed by atoms with E-state index in [0.717, 1.165) is 67.0 Å². The summed E-state index contributed by atoms with van der Waals surface area (Å²) in [5.41, 5.74) is 3.87. The van der Waals surface area contributed by atoms with Gasteiger partial charge in [0.05, 0.1) is 12.1 Å². The molecule has 0 bridgehead atoms. The summed E-state index contributed by atoms with van der Waals surface area (Å²) in [4.78, 5) is 15.1. The molecular weight excluding hydrogens is 512 g/mol. The van der Waals surface area contributed by atoms with E-state index < -0.39 is 0 Å². The van der Waals surface area contributed by atoms with Gasteiger partial charge >= 0.3 is 0 Å². The molecule has 1 aromatic heterocycles. The first kappa shape index (κ1) is 27.2. The van der Waals surface area contributed by atoms with Gasteiger partial charge in [0.1, 0.15) is 11.5 Å². The molecule has 2 heterocycles. The van der Waals surface area contributed by atoms with Crippen molar-refractivity contribution in [1.29, 1.82) is 0 Å². The van der Waals surface area contributed by atoms with Crippen molar-refractivity contribution in [2.24, 2.45) is 5.92 Å². The number of hydrogen-bond donors (Lipinski definition) is 1. The Morgan fingerprint density at radius 1 is 1.03 bits per heavy atom. The zero-order valence-corrected chi connectivity index (χ0v) is 23.3. The van der Waals surface area contributed by atoms with Crippen LogP contribution < -0.4 is 10.1 Å². The van der Waals surface area contributed by atoms with Crippen molar-refractivity contribution in [2.45, 2.75) is 32.9 Å². The van der Waals surface area contributed by atoms with Gasteiger partial charge < -0.3 is 14.8 Å². The van der Waals surface area contributed by atoms with Gasteiger partial charge in [0.15, 0.2) is 0 Å². The number of aromatic nitrogens is 2. The molecule has 39 heavy (non-hydrogen) atoms. The van der Waals surface area contributed by atoms with Crippen LogP contribution in [-0.4, -0.2) is 53.9 Å². The fourth-order valence-corrected chi connectivity index (χ4v) is 5.26. The minimum absolute atomic E-state index is 0.0738. The van der Waals surface area contributed by atoms with Crippen molar-refractivity contribution in [3.05, 3.63) is 88.6 Å². The highest BCUT2D eigenvalue weighted by atomic mass is 35.5. The van der Waals surface area contributed by atoms with E-state index in [1.54, 1.807) is 7.11 Å². The first-order valence-corrected chi connectivity index (χ1v) is 13.8. The second-order valence-corrected chi connectivity index (χ2v) is 10.6. The number of aryl methyl sites for hydroxylation is 1. The molecule has 3 aromatic carbocycles. The molecule has 4 aromatic rings. The molecule has 0 saturated carbocycles. The first-order valence-electron chi connectivity index (χ1n) is 13.5. The normalized spacial score (nSPS) is 14.5. The van der Waals surface area contributed by atoms with E-state index in [1.807, 2.05) is 55.5 Å². The number of carbonyl (C=O) groups excluding carboxylic acids is 1. The highest BCUT2D eigenvalue weighted by molar-refractivity contribution is 6.30. The van der Waals surface area contributed by atoms with Gasteiger partial charge in [-0.1, -0.05) is 23.7 Å². The van der Waals surface area contributed by atoms with Crippen molar-refractivity contribution in [3.8, 4) is 11.5 Å². The molecule has 1 N–H and O–H groups in total. The van der Waals surface area contributed by atoms with Crippen LogP contribution in [0.3, 0.4) is 0 Å². The number of rotatable bonds is 10. The molecule has 1 fully saturated rings. The molecule has 0 spiro atoms. The Balaban J connectivity index is 1.12. The molecule has 5 rings (SSSR count). The Kier molecular flexibility index (Phi) is 8.81. The monoisotopic (exact) mass is 546 g/mol. The number of likely N-dealkylation sites (tertiary alicyclic amines) is 1. The van der Waals surface area contributed by atoms with Gasteiger partial charge in [0, 0.05) is 48.9 Å². The van der Waals surface area contributed by atoms with Crippen molar-refractivity contribution in [3.63, 3.8) is 0 Å². The molecule has 1 aliphatic heterocycles. The number of halogens is 1. The van der Waals surface area contributed by atoms with Crippen molar-refractivity contribution >= 4 is 28.4 Å². The molecule has 1 aliphatic rings. The topological polar surface area (TPSA) is 68.6 Å². The SMILES string of the molecule is COCCNC(=O)c1ccc2nn(CC3CCN(Cc4ccc(Oc5ccc(Cl)cc5)cc4)CC3)cc2c1C. The molecule has 7 nitrogen and oxygen atoms in total. The molecule has 0 radical (unpaired) electrons. The molecule has 0 aliphatic carbocycles. The van der Waals surface area contributed by atoms with Crippen LogP contribution in [0, 0.1) is 12.8 Å². The van der Waals surface area contributed by atoms with E-state index in [4.69, 9.17) is 26.2 Å². The predicted molar refractivity (Wildman–Crippen MR) is 155 cm³/mol. The van der Waals surface area contributed by atoms with E-state index in [9.17, 15) is 4.79 Å². The van der Waals surface area contributed by atoms with Crippen LogP contribution in [0.5, 0.6) is 11.5 Å². The summed E-state index contributed by atoms with van der Waals surface area (Å²) in [5.74, 6) is 2.11. The van der Waals surface area contributed by atoms with Crippen LogP contribution in [0.25, 0.3) is 10.9 Å². The van der Waals surface area contributed by atoms with Crippen molar-refractivity contribution in [2.75, 3.05) is 33.4 Å². The third-order valence-electron chi connectivity index (χ3n) is 7.37. The minimum Gasteiger partial charge on any atom is -0.457 e. The Morgan fingerprint density at radius 3 is 2.41 bits per heavy atom. The van der Waals surface area contributed by atoms with Gasteiger partial charge in [-0.15, -0.1) is 0 Å². The molecule has 8 heteroatoms.